The third kappa shape index (κ3) is 4.86. The average Bonchev–Trinajstić information content (AvgIpc) is 2.38. The summed E-state index contributed by atoms with van der Waals surface area (Å²) >= 11 is 0. The average molecular weight is 262 g/mol. The van der Waals surface area contributed by atoms with Crippen LogP contribution in [0.2, 0.25) is 0 Å². The number of esters is 1. The second-order valence-corrected chi connectivity index (χ2v) is 4.82. The van der Waals surface area contributed by atoms with Crippen molar-refractivity contribution in [2.24, 2.45) is 0 Å². The minimum Gasteiger partial charge on any atom is -0.466 e. The highest BCUT2D eigenvalue weighted by molar-refractivity contribution is 5.97. The van der Waals surface area contributed by atoms with E-state index in [2.05, 4.69) is 13.8 Å². The minimum absolute atomic E-state index is 0.105. The molecule has 0 saturated carbocycles. The number of Topliss-reactive ketones (excluding diaryl/α,β-unsaturated/α-hetero) is 1. The third-order valence-electron chi connectivity index (χ3n) is 2.97. The molecule has 0 unspecified atom stereocenters. The summed E-state index contributed by atoms with van der Waals surface area (Å²) in [6, 6.07) is 7.68. The first-order valence-corrected chi connectivity index (χ1v) is 6.84. The van der Waals surface area contributed by atoms with Crippen molar-refractivity contribution < 1.29 is 14.3 Å². The van der Waals surface area contributed by atoms with E-state index in [4.69, 9.17) is 4.74 Å². The summed E-state index contributed by atoms with van der Waals surface area (Å²) in [5.74, 6) is 0.200. The molecule has 0 N–H and O–H groups in total. The number of hydrogen-bond donors (Lipinski definition) is 0. The zero-order valence-corrected chi connectivity index (χ0v) is 11.9. The number of benzene rings is 1. The Morgan fingerprint density at radius 3 is 2.47 bits per heavy atom. The second-order valence-electron chi connectivity index (χ2n) is 4.82. The van der Waals surface area contributed by atoms with Crippen molar-refractivity contribution in [3.8, 4) is 0 Å². The predicted octanol–water partition coefficient (Wildman–Crippen LogP) is 3.73. The number of rotatable bonds is 7. The van der Waals surface area contributed by atoms with Gasteiger partial charge < -0.3 is 4.74 Å². The van der Waals surface area contributed by atoms with Crippen molar-refractivity contribution in [2.45, 2.75) is 46.0 Å². The molecule has 104 valence electrons. The van der Waals surface area contributed by atoms with E-state index in [0.29, 0.717) is 31.8 Å². The number of hydrogen-bond acceptors (Lipinski definition) is 3. The fourth-order valence-electron chi connectivity index (χ4n) is 2.02. The fourth-order valence-corrected chi connectivity index (χ4v) is 2.02. The number of carbonyl (C=O) groups is 2. The predicted molar refractivity (Wildman–Crippen MR) is 75.3 cm³/mol. The van der Waals surface area contributed by atoms with Crippen LogP contribution in [-0.4, -0.2) is 18.4 Å². The maximum absolute atomic E-state index is 12.2. The molecule has 0 heterocycles. The van der Waals surface area contributed by atoms with Crippen LogP contribution in [0.15, 0.2) is 24.3 Å². The maximum Gasteiger partial charge on any atom is 0.305 e. The molecule has 0 saturated heterocycles. The first-order chi connectivity index (χ1) is 9.06. The molecule has 0 bridgehead atoms. The molecule has 0 fully saturated rings. The van der Waals surface area contributed by atoms with E-state index in [1.165, 1.54) is 0 Å². The Labute approximate surface area is 115 Å². The van der Waals surface area contributed by atoms with Crippen LogP contribution in [0.5, 0.6) is 0 Å². The Bertz CT molecular complexity index is 435. The van der Waals surface area contributed by atoms with Crippen molar-refractivity contribution in [1.82, 2.24) is 0 Å². The van der Waals surface area contributed by atoms with Gasteiger partial charge in [-0.05, 0) is 24.8 Å². The lowest BCUT2D eigenvalue weighted by atomic mass is 9.93. The fraction of sp³-hybridized carbons (Fsp3) is 0.500. The number of carbonyl (C=O) groups excluding carboxylic acids is 2. The normalized spacial score (nSPS) is 10.5. The minimum atomic E-state index is -0.229. The van der Waals surface area contributed by atoms with E-state index in [0.717, 1.165) is 11.1 Å². The molecule has 3 heteroatoms. The molecule has 3 nitrogen and oxygen atoms in total. The SMILES string of the molecule is CCOC(=O)CCCC(=O)c1ccccc1C(C)C. The molecular formula is C16H22O3. The van der Waals surface area contributed by atoms with Crippen molar-refractivity contribution >= 4 is 11.8 Å². The van der Waals surface area contributed by atoms with Gasteiger partial charge in [-0.2, -0.15) is 0 Å². The highest BCUT2D eigenvalue weighted by Gasteiger charge is 2.13. The van der Waals surface area contributed by atoms with E-state index >= 15 is 0 Å². The Hall–Kier alpha value is -1.64. The molecule has 0 aliphatic heterocycles. The van der Waals surface area contributed by atoms with Gasteiger partial charge in [-0.25, -0.2) is 0 Å². The van der Waals surface area contributed by atoms with Gasteiger partial charge >= 0.3 is 5.97 Å². The number of ether oxygens (including phenoxy) is 1. The van der Waals surface area contributed by atoms with Gasteiger partial charge in [0, 0.05) is 18.4 Å². The summed E-state index contributed by atoms with van der Waals surface area (Å²) in [7, 11) is 0. The highest BCUT2D eigenvalue weighted by atomic mass is 16.5. The van der Waals surface area contributed by atoms with Gasteiger partial charge in [0.05, 0.1) is 6.61 Å². The second kappa shape index (κ2) is 7.72. The maximum atomic E-state index is 12.2. The van der Waals surface area contributed by atoms with Gasteiger partial charge in [-0.1, -0.05) is 38.1 Å². The monoisotopic (exact) mass is 262 g/mol. The molecule has 19 heavy (non-hydrogen) atoms. The molecule has 1 aromatic rings. The van der Waals surface area contributed by atoms with Gasteiger partial charge in [0.25, 0.3) is 0 Å². The van der Waals surface area contributed by atoms with Crippen LogP contribution in [0.1, 0.15) is 61.9 Å². The first kappa shape index (κ1) is 15.4. The Balaban J connectivity index is 2.57. The summed E-state index contributed by atoms with van der Waals surface area (Å²) in [4.78, 5) is 23.4. The molecule has 0 aromatic heterocycles. The van der Waals surface area contributed by atoms with E-state index in [1.54, 1.807) is 6.92 Å². The molecule has 1 aromatic carbocycles. The molecule has 0 amide bonds. The quantitative estimate of drug-likeness (QED) is 0.555. The smallest absolute Gasteiger partial charge is 0.305 e. The van der Waals surface area contributed by atoms with Crippen LogP contribution in [0.4, 0.5) is 0 Å². The van der Waals surface area contributed by atoms with E-state index < -0.39 is 0 Å². The standard InChI is InChI=1S/C16H22O3/c1-4-19-16(18)11-7-10-15(17)14-9-6-5-8-13(14)12(2)3/h5-6,8-9,12H,4,7,10-11H2,1-3H3. The third-order valence-corrected chi connectivity index (χ3v) is 2.97. The lowest BCUT2D eigenvalue weighted by Gasteiger charge is -2.11. The van der Waals surface area contributed by atoms with Crippen LogP contribution in [-0.2, 0) is 9.53 Å². The van der Waals surface area contributed by atoms with Crippen molar-refractivity contribution in [3.63, 3.8) is 0 Å². The van der Waals surface area contributed by atoms with E-state index in [1.807, 2.05) is 24.3 Å². The number of ketones is 1. The molecule has 0 aliphatic rings. The first-order valence-electron chi connectivity index (χ1n) is 6.84. The molecular weight excluding hydrogens is 240 g/mol. The Kier molecular flexibility index (Phi) is 6.26. The Morgan fingerprint density at radius 2 is 1.84 bits per heavy atom. The summed E-state index contributed by atoms with van der Waals surface area (Å²) in [6.45, 7) is 6.32. The van der Waals surface area contributed by atoms with Gasteiger partial charge in [0.2, 0.25) is 0 Å². The van der Waals surface area contributed by atoms with Crippen LogP contribution < -0.4 is 0 Å². The molecule has 0 atom stereocenters. The highest BCUT2D eigenvalue weighted by Crippen LogP contribution is 2.21. The topological polar surface area (TPSA) is 43.4 Å². The molecule has 0 radical (unpaired) electrons. The van der Waals surface area contributed by atoms with Crippen molar-refractivity contribution in [1.29, 1.82) is 0 Å². The van der Waals surface area contributed by atoms with Crippen molar-refractivity contribution in [3.05, 3.63) is 35.4 Å². The zero-order chi connectivity index (χ0) is 14.3. The zero-order valence-electron chi connectivity index (χ0n) is 11.9. The lowest BCUT2D eigenvalue weighted by Crippen LogP contribution is -2.08. The summed E-state index contributed by atoms with van der Waals surface area (Å²) in [5, 5.41) is 0. The molecule has 0 spiro atoms. The van der Waals surface area contributed by atoms with Crippen LogP contribution in [0.25, 0.3) is 0 Å². The molecule has 0 aliphatic carbocycles. The van der Waals surface area contributed by atoms with Gasteiger partial charge in [0.15, 0.2) is 5.78 Å². The van der Waals surface area contributed by atoms with Gasteiger partial charge in [-0.15, -0.1) is 0 Å². The largest absolute Gasteiger partial charge is 0.466 e. The molecule has 1 rings (SSSR count). The van der Waals surface area contributed by atoms with E-state index in [-0.39, 0.29) is 11.8 Å². The summed E-state index contributed by atoms with van der Waals surface area (Å²) < 4.78 is 4.84. The summed E-state index contributed by atoms with van der Waals surface area (Å²) in [6.07, 6.45) is 1.25. The van der Waals surface area contributed by atoms with E-state index in [9.17, 15) is 9.59 Å². The van der Waals surface area contributed by atoms with Crippen LogP contribution >= 0.6 is 0 Å². The van der Waals surface area contributed by atoms with Crippen molar-refractivity contribution in [2.75, 3.05) is 6.61 Å². The van der Waals surface area contributed by atoms with Gasteiger partial charge in [-0.3, -0.25) is 9.59 Å². The lowest BCUT2D eigenvalue weighted by molar-refractivity contribution is -0.143. The van der Waals surface area contributed by atoms with Crippen LogP contribution in [0.3, 0.4) is 0 Å². The van der Waals surface area contributed by atoms with Gasteiger partial charge in [0.1, 0.15) is 0 Å². The van der Waals surface area contributed by atoms with Crippen LogP contribution in [0, 0.1) is 0 Å². The summed E-state index contributed by atoms with van der Waals surface area (Å²) in [5.41, 5.74) is 1.85. The Morgan fingerprint density at radius 1 is 1.16 bits per heavy atom.